The van der Waals surface area contributed by atoms with Crippen molar-refractivity contribution >= 4 is 75.9 Å². The molecule has 288 valence electrons. The SMILES string of the molecule is c1ccc(-n2c3ccccc3c3cc4c(cc32)c2ccccc2n4-c2cccc3cc(-c4nc(-c5ccc6ccccc6c5)cc(-c5cccc6ccccc56)n4)ccc23)cc1. The molecule has 0 saturated carbocycles. The van der Waals surface area contributed by atoms with Gasteiger partial charge in [-0.25, -0.2) is 9.97 Å². The second-order valence-corrected chi connectivity index (χ2v) is 16.2. The van der Waals surface area contributed by atoms with Gasteiger partial charge in [0.2, 0.25) is 0 Å². The molecular weight excluding hydrogens is 753 g/mol. The maximum Gasteiger partial charge on any atom is 0.160 e. The van der Waals surface area contributed by atoms with E-state index < -0.39 is 0 Å². The Labute approximate surface area is 357 Å². The maximum atomic E-state index is 5.33. The minimum absolute atomic E-state index is 0.694. The fourth-order valence-corrected chi connectivity index (χ4v) is 9.81. The van der Waals surface area contributed by atoms with Crippen molar-refractivity contribution in [2.45, 2.75) is 0 Å². The van der Waals surface area contributed by atoms with Crippen molar-refractivity contribution in [3.8, 4) is 45.3 Å². The van der Waals surface area contributed by atoms with Crippen LogP contribution in [-0.2, 0) is 0 Å². The van der Waals surface area contributed by atoms with Gasteiger partial charge in [0.15, 0.2) is 5.82 Å². The number of para-hydroxylation sites is 3. The fourth-order valence-electron chi connectivity index (χ4n) is 9.81. The minimum Gasteiger partial charge on any atom is -0.309 e. The molecule has 0 aliphatic carbocycles. The lowest BCUT2D eigenvalue weighted by Crippen LogP contribution is -1.98. The Hall–Kier alpha value is -8.34. The largest absolute Gasteiger partial charge is 0.309 e. The van der Waals surface area contributed by atoms with E-state index in [2.05, 4.69) is 228 Å². The van der Waals surface area contributed by atoms with Crippen LogP contribution >= 0.6 is 0 Å². The van der Waals surface area contributed by atoms with Gasteiger partial charge in [0.25, 0.3) is 0 Å². The Morgan fingerprint density at radius 3 is 1.68 bits per heavy atom. The first-order valence-electron chi connectivity index (χ1n) is 21.2. The predicted octanol–water partition coefficient (Wildman–Crippen LogP) is 15.1. The second-order valence-electron chi connectivity index (χ2n) is 16.2. The third-order valence-electron chi connectivity index (χ3n) is 12.7. The fraction of sp³-hybridized carbons (Fsp3) is 0. The Morgan fingerprint density at radius 1 is 0.290 bits per heavy atom. The predicted molar refractivity (Wildman–Crippen MR) is 260 cm³/mol. The first kappa shape index (κ1) is 34.5. The van der Waals surface area contributed by atoms with Crippen LogP contribution in [0.4, 0.5) is 0 Å². The monoisotopic (exact) mass is 788 g/mol. The van der Waals surface area contributed by atoms with Crippen LogP contribution in [-0.4, -0.2) is 19.1 Å². The number of hydrogen-bond acceptors (Lipinski definition) is 2. The summed E-state index contributed by atoms with van der Waals surface area (Å²) < 4.78 is 4.86. The zero-order chi connectivity index (χ0) is 40.7. The van der Waals surface area contributed by atoms with Gasteiger partial charge < -0.3 is 9.13 Å². The van der Waals surface area contributed by atoms with Crippen molar-refractivity contribution in [1.82, 2.24) is 19.1 Å². The summed E-state index contributed by atoms with van der Waals surface area (Å²) >= 11 is 0. The molecule has 4 heteroatoms. The Morgan fingerprint density at radius 2 is 0.871 bits per heavy atom. The summed E-state index contributed by atoms with van der Waals surface area (Å²) in [5.41, 5.74) is 11.9. The van der Waals surface area contributed by atoms with E-state index in [1.807, 2.05) is 0 Å². The molecule has 0 atom stereocenters. The van der Waals surface area contributed by atoms with Crippen molar-refractivity contribution < 1.29 is 0 Å². The summed E-state index contributed by atoms with van der Waals surface area (Å²) in [6, 6.07) is 78.6. The highest BCUT2D eigenvalue weighted by atomic mass is 15.0. The van der Waals surface area contributed by atoms with E-state index in [0.717, 1.165) is 50.2 Å². The van der Waals surface area contributed by atoms with Crippen molar-refractivity contribution in [2.24, 2.45) is 0 Å². The smallest absolute Gasteiger partial charge is 0.160 e. The van der Waals surface area contributed by atoms with Gasteiger partial charge in [-0.3, -0.25) is 0 Å². The van der Waals surface area contributed by atoms with Crippen LogP contribution in [0.25, 0.3) is 121 Å². The molecule has 62 heavy (non-hydrogen) atoms. The summed E-state index contributed by atoms with van der Waals surface area (Å²) in [5, 5.41) is 11.9. The van der Waals surface area contributed by atoms with Crippen molar-refractivity contribution in [2.75, 3.05) is 0 Å². The average molecular weight is 789 g/mol. The molecule has 0 fully saturated rings. The number of fused-ring (bicyclic) bond motifs is 9. The van der Waals surface area contributed by atoms with Crippen LogP contribution in [0.5, 0.6) is 0 Å². The van der Waals surface area contributed by atoms with Gasteiger partial charge >= 0.3 is 0 Å². The first-order valence-corrected chi connectivity index (χ1v) is 21.2. The van der Waals surface area contributed by atoms with Crippen LogP contribution < -0.4 is 0 Å². The zero-order valence-electron chi connectivity index (χ0n) is 33.6. The summed E-state index contributed by atoms with van der Waals surface area (Å²) in [6.07, 6.45) is 0. The van der Waals surface area contributed by atoms with E-state index in [4.69, 9.17) is 9.97 Å². The molecule has 0 radical (unpaired) electrons. The van der Waals surface area contributed by atoms with Crippen LogP contribution in [0.1, 0.15) is 0 Å². The zero-order valence-corrected chi connectivity index (χ0v) is 33.6. The number of nitrogens with zero attached hydrogens (tertiary/aromatic N) is 4. The van der Waals surface area contributed by atoms with Crippen molar-refractivity contribution in [1.29, 1.82) is 0 Å². The van der Waals surface area contributed by atoms with Crippen LogP contribution in [0, 0.1) is 0 Å². The van der Waals surface area contributed by atoms with Crippen molar-refractivity contribution in [3.05, 3.63) is 218 Å². The molecule has 0 aliphatic heterocycles. The van der Waals surface area contributed by atoms with E-state index in [-0.39, 0.29) is 0 Å². The molecule has 0 spiro atoms. The average Bonchev–Trinajstić information content (AvgIpc) is 3.84. The summed E-state index contributed by atoms with van der Waals surface area (Å²) in [5.74, 6) is 0.694. The third kappa shape index (κ3) is 5.33. The maximum absolute atomic E-state index is 5.33. The number of benzene rings is 10. The third-order valence-corrected chi connectivity index (χ3v) is 12.7. The second kappa shape index (κ2) is 13.6. The Kier molecular flexibility index (Phi) is 7.57. The highest BCUT2D eigenvalue weighted by Crippen LogP contribution is 2.41. The van der Waals surface area contributed by atoms with Gasteiger partial charge in [0, 0.05) is 49.3 Å². The molecule has 3 aromatic heterocycles. The van der Waals surface area contributed by atoms with Crippen LogP contribution in [0.2, 0.25) is 0 Å². The normalized spacial score (nSPS) is 11.9. The van der Waals surface area contributed by atoms with Gasteiger partial charge in [-0.05, 0) is 87.6 Å². The number of aromatic nitrogens is 4. The van der Waals surface area contributed by atoms with Crippen LogP contribution in [0.3, 0.4) is 0 Å². The Balaban J connectivity index is 1.01. The molecule has 3 heterocycles. The molecule has 13 aromatic rings. The Bertz CT molecular complexity index is 3920. The highest BCUT2D eigenvalue weighted by molar-refractivity contribution is 6.19. The van der Waals surface area contributed by atoms with Gasteiger partial charge in [0.05, 0.1) is 39.1 Å². The molecule has 0 unspecified atom stereocenters. The molecule has 0 amide bonds. The lowest BCUT2D eigenvalue weighted by atomic mass is 9.99. The first-order chi connectivity index (χ1) is 30.7. The molecule has 4 nitrogen and oxygen atoms in total. The lowest BCUT2D eigenvalue weighted by molar-refractivity contribution is 1.18. The topological polar surface area (TPSA) is 35.6 Å². The standard InChI is InChI=1S/C58H36N4/c1-2-19-43(20-3-1)61-54-25-10-8-22-47(54)49-35-57-50(34-56(49)61)48-23-9-11-26-55(48)62(57)53-27-13-18-40-33-42(30-31-45(40)53)58-59-51(41-29-28-37-14-4-5-16-39(37)32-41)36-52(60-58)46-24-12-17-38-15-6-7-21-44(38)46/h1-36H. The van der Waals surface area contributed by atoms with Crippen molar-refractivity contribution in [3.63, 3.8) is 0 Å². The van der Waals surface area contributed by atoms with Gasteiger partial charge in [-0.1, -0.05) is 158 Å². The lowest BCUT2D eigenvalue weighted by Gasteiger charge is -2.14. The van der Waals surface area contributed by atoms with Gasteiger partial charge in [-0.15, -0.1) is 0 Å². The highest BCUT2D eigenvalue weighted by Gasteiger charge is 2.20. The molecule has 0 aliphatic rings. The van der Waals surface area contributed by atoms with E-state index in [9.17, 15) is 0 Å². The number of rotatable bonds is 5. The summed E-state index contributed by atoms with van der Waals surface area (Å²) in [4.78, 5) is 10.6. The van der Waals surface area contributed by atoms with Gasteiger partial charge in [0.1, 0.15) is 0 Å². The summed E-state index contributed by atoms with van der Waals surface area (Å²) in [7, 11) is 0. The van der Waals surface area contributed by atoms with Gasteiger partial charge in [-0.2, -0.15) is 0 Å². The van der Waals surface area contributed by atoms with Crippen LogP contribution in [0.15, 0.2) is 218 Å². The molecule has 0 saturated heterocycles. The van der Waals surface area contributed by atoms with E-state index in [1.54, 1.807) is 0 Å². The minimum atomic E-state index is 0.694. The van der Waals surface area contributed by atoms with E-state index >= 15 is 0 Å². The molecular formula is C58H36N4. The number of hydrogen-bond donors (Lipinski definition) is 0. The molecule has 13 rings (SSSR count). The quantitative estimate of drug-likeness (QED) is 0.174. The van der Waals surface area contributed by atoms with E-state index in [0.29, 0.717) is 5.82 Å². The summed E-state index contributed by atoms with van der Waals surface area (Å²) in [6.45, 7) is 0. The molecule has 0 bridgehead atoms. The molecule has 0 N–H and O–H groups in total. The van der Waals surface area contributed by atoms with E-state index in [1.165, 1.54) is 65.2 Å². The molecule has 10 aromatic carbocycles.